The first kappa shape index (κ1) is 10.5. The zero-order valence-electron chi connectivity index (χ0n) is 8.15. The Labute approximate surface area is 84.9 Å². The van der Waals surface area contributed by atoms with Gasteiger partial charge in [0, 0.05) is 0 Å². The highest BCUT2D eigenvalue weighted by atomic mass is 19.1. The van der Waals surface area contributed by atoms with E-state index in [0.717, 1.165) is 0 Å². The second-order valence-electron chi connectivity index (χ2n) is 2.73. The average Bonchev–Trinajstić information content (AvgIpc) is 2.34. The van der Waals surface area contributed by atoms with E-state index < -0.39 is 0 Å². The lowest BCUT2D eigenvalue weighted by Crippen LogP contribution is -1.73. The molecule has 0 aromatic heterocycles. The van der Waals surface area contributed by atoms with Crippen LogP contribution in [-0.4, -0.2) is 8.12 Å². The van der Waals surface area contributed by atoms with Gasteiger partial charge in [-0.2, -0.15) is 0 Å². The second-order valence-corrected chi connectivity index (χ2v) is 2.73. The molecule has 0 N–H and O–H groups in total. The van der Waals surface area contributed by atoms with E-state index in [4.69, 9.17) is 0 Å². The summed E-state index contributed by atoms with van der Waals surface area (Å²) in [5, 5.41) is 0. The van der Waals surface area contributed by atoms with Crippen molar-refractivity contribution in [3.63, 3.8) is 0 Å². The van der Waals surface area contributed by atoms with Gasteiger partial charge in [-0.15, -0.1) is 0 Å². The minimum absolute atomic E-state index is 0.500. The Morgan fingerprint density at radius 2 is 0.857 bits per heavy atom. The van der Waals surface area contributed by atoms with Crippen molar-refractivity contribution < 1.29 is 4.32 Å². The van der Waals surface area contributed by atoms with E-state index in [1.807, 2.05) is 12.1 Å². The van der Waals surface area contributed by atoms with Gasteiger partial charge in [0.2, 0.25) is 0 Å². The molecule has 0 saturated heterocycles. The molecule has 14 heavy (non-hydrogen) atoms. The zero-order chi connectivity index (χ0) is 10.2. The van der Waals surface area contributed by atoms with E-state index in [1.54, 1.807) is 0 Å². The Morgan fingerprint density at radius 3 is 1.14 bits per heavy atom. The number of rotatable bonds is 1. The second kappa shape index (κ2) is 5.98. The SMILES string of the molecule is BF.c1ccc(-c2ccccc2)cc1. The molecule has 0 aliphatic heterocycles. The molecular formula is C12H12BF. The van der Waals surface area contributed by atoms with Crippen LogP contribution in [0.3, 0.4) is 0 Å². The molecule has 0 bridgehead atoms. The van der Waals surface area contributed by atoms with Crippen molar-refractivity contribution in [1.29, 1.82) is 0 Å². The molecule has 0 nitrogen and oxygen atoms in total. The van der Waals surface area contributed by atoms with E-state index >= 15 is 0 Å². The van der Waals surface area contributed by atoms with Crippen molar-refractivity contribution >= 4 is 8.12 Å². The molecule has 0 unspecified atom stereocenters. The normalized spacial score (nSPS) is 8.64. The topological polar surface area (TPSA) is 0 Å². The van der Waals surface area contributed by atoms with Crippen LogP contribution < -0.4 is 0 Å². The molecule has 0 radical (unpaired) electrons. The third kappa shape index (κ3) is 2.73. The number of hydrogen-bond donors (Lipinski definition) is 0. The fraction of sp³-hybridized carbons (Fsp3) is 0. The van der Waals surface area contributed by atoms with Gasteiger partial charge in [-0.1, -0.05) is 60.7 Å². The van der Waals surface area contributed by atoms with E-state index in [9.17, 15) is 4.32 Å². The Bertz CT molecular complexity index is 308. The summed E-state index contributed by atoms with van der Waals surface area (Å²) in [6.07, 6.45) is 0. The minimum Gasteiger partial charge on any atom is -0.347 e. The summed E-state index contributed by atoms with van der Waals surface area (Å²) in [6.45, 7) is 0. The molecule has 70 valence electrons. The van der Waals surface area contributed by atoms with Crippen LogP contribution in [0.4, 0.5) is 4.32 Å². The molecule has 0 spiro atoms. The van der Waals surface area contributed by atoms with Crippen molar-refractivity contribution in [2.75, 3.05) is 0 Å². The predicted molar refractivity (Wildman–Crippen MR) is 61.5 cm³/mol. The van der Waals surface area contributed by atoms with Gasteiger partial charge in [0.15, 0.2) is 0 Å². The van der Waals surface area contributed by atoms with Gasteiger partial charge < -0.3 is 4.32 Å². The van der Waals surface area contributed by atoms with Gasteiger partial charge in [-0.25, -0.2) is 0 Å². The molecule has 0 atom stereocenters. The van der Waals surface area contributed by atoms with Gasteiger partial charge in [0.05, 0.1) is 0 Å². The van der Waals surface area contributed by atoms with Crippen molar-refractivity contribution in [3.8, 4) is 11.1 Å². The summed E-state index contributed by atoms with van der Waals surface area (Å²) < 4.78 is 9.50. The van der Waals surface area contributed by atoms with Crippen LogP contribution in [0.2, 0.25) is 0 Å². The standard InChI is InChI=1S/C12H10.BFH2/c1-3-7-11(8-4-1)12-9-5-2-6-10-12;1-2/h1-10H;1H2. The lowest BCUT2D eigenvalue weighted by atomic mass is 10.1. The number of halogens is 1. The van der Waals surface area contributed by atoms with Crippen molar-refractivity contribution in [2.24, 2.45) is 0 Å². The Hall–Kier alpha value is -1.57. The van der Waals surface area contributed by atoms with Gasteiger partial charge in [0.1, 0.15) is 0 Å². The molecule has 0 saturated carbocycles. The van der Waals surface area contributed by atoms with Crippen molar-refractivity contribution in [1.82, 2.24) is 0 Å². The highest BCUT2D eigenvalue weighted by Gasteiger charge is 1.91. The molecular weight excluding hydrogens is 174 g/mol. The largest absolute Gasteiger partial charge is 0.347 e. The average molecular weight is 186 g/mol. The maximum absolute atomic E-state index is 9.50. The molecule has 2 heteroatoms. The first-order chi connectivity index (χ1) is 6.97. The highest BCUT2D eigenvalue weighted by molar-refractivity contribution is 5.96. The molecule has 0 aliphatic carbocycles. The minimum atomic E-state index is 0.500. The quantitative estimate of drug-likeness (QED) is 0.600. The van der Waals surface area contributed by atoms with Crippen LogP contribution in [0, 0.1) is 0 Å². The lowest BCUT2D eigenvalue weighted by Gasteiger charge is -1.98. The summed E-state index contributed by atoms with van der Waals surface area (Å²) in [6, 6.07) is 20.8. The summed E-state index contributed by atoms with van der Waals surface area (Å²) in [5.41, 5.74) is 2.55. The number of benzene rings is 2. The highest BCUT2D eigenvalue weighted by Crippen LogP contribution is 2.17. The molecule has 0 fully saturated rings. The van der Waals surface area contributed by atoms with Crippen LogP contribution in [-0.2, 0) is 0 Å². The van der Waals surface area contributed by atoms with Crippen LogP contribution >= 0.6 is 0 Å². The smallest absolute Gasteiger partial charge is 0.314 e. The Morgan fingerprint density at radius 1 is 0.571 bits per heavy atom. The van der Waals surface area contributed by atoms with E-state index in [0.29, 0.717) is 8.12 Å². The van der Waals surface area contributed by atoms with Gasteiger partial charge >= 0.3 is 8.12 Å². The van der Waals surface area contributed by atoms with E-state index in [2.05, 4.69) is 48.5 Å². The molecule has 2 rings (SSSR count). The van der Waals surface area contributed by atoms with Crippen molar-refractivity contribution in [2.45, 2.75) is 0 Å². The molecule has 0 heterocycles. The summed E-state index contributed by atoms with van der Waals surface area (Å²) in [4.78, 5) is 0. The summed E-state index contributed by atoms with van der Waals surface area (Å²) >= 11 is 0. The maximum atomic E-state index is 9.50. The lowest BCUT2D eigenvalue weighted by molar-refractivity contribution is 0.902. The van der Waals surface area contributed by atoms with E-state index in [1.165, 1.54) is 11.1 Å². The number of hydrogen-bond acceptors (Lipinski definition) is 0. The van der Waals surface area contributed by atoms with Crippen LogP contribution in [0.25, 0.3) is 11.1 Å². The Kier molecular flexibility index (Phi) is 4.49. The fourth-order valence-corrected chi connectivity index (χ4v) is 1.26. The zero-order valence-corrected chi connectivity index (χ0v) is 8.15. The Balaban J connectivity index is 0.000000461. The molecule has 2 aromatic rings. The third-order valence-electron chi connectivity index (χ3n) is 1.88. The van der Waals surface area contributed by atoms with Crippen LogP contribution in [0.5, 0.6) is 0 Å². The summed E-state index contributed by atoms with van der Waals surface area (Å²) in [7, 11) is 0.500. The molecule has 0 amide bonds. The molecule has 0 aliphatic rings. The first-order valence-corrected chi connectivity index (χ1v) is 4.45. The van der Waals surface area contributed by atoms with Crippen LogP contribution in [0.1, 0.15) is 0 Å². The summed E-state index contributed by atoms with van der Waals surface area (Å²) in [5.74, 6) is 0. The third-order valence-corrected chi connectivity index (χ3v) is 1.88. The van der Waals surface area contributed by atoms with Gasteiger partial charge in [0.25, 0.3) is 0 Å². The monoisotopic (exact) mass is 186 g/mol. The molecule has 2 aromatic carbocycles. The van der Waals surface area contributed by atoms with Gasteiger partial charge in [-0.05, 0) is 11.1 Å². The van der Waals surface area contributed by atoms with Crippen molar-refractivity contribution in [3.05, 3.63) is 60.7 Å². The fourth-order valence-electron chi connectivity index (χ4n) is 1.26. The first-order valence-electron chi connectivity index (χ1n) is 4.45. The van der Waals surface area contributed by atoms with Crippen LogP contribution in [0.15, 0.2) is 60.7 Å². The van der Waals surface area contributed by atoms with Gasteiger partial charge in [-0.3, -0.25) is 0 Å². The maximum Gasteiger partial charge on any atom is 0.314 e. The van der Waals surface area contributed by atoms with E-state index in [-0.39, 0.29) is 0 Å². The predicted octanol–water partition coefficient (Wildman–Crippen LogP) is 2.86.